The van der Waals surface area contributed by atoms with Crippen molar-refractivity contribution in [3.8, 4) is 5.82 Å². The van der Waals surface area contributed by atoms with E-state index in [0.29, 0.717) is 11.4 Å². The normalized spacial score (nSPS) is 12.1. The Morgan fingerprint density at radius 2 is 2.04 bits per heavy atom. The summed E-state index contributed by atoms with van der Waals surface area (Å²) in [6.07, 6.45) is 4.68. The number of pyridine rings is 1. The lowest BCUT2D eigenvalue weighted by Crippen LogP contribution is -2.29. The average Bonchev–Trinajstić information content (AvgIpc) is 3.24. The van der Waals surface area contributed by atoms with Gasteiger partial charge in [0.05, 0.1) is 11.6 Å². The molecule has 1 amide bonds. The third kappa shape index (κ3) is 3.11. The maximum absolute atomic E-state index is 12.6. The van der Waals surface area contributed by atoms with Crippen LogP contribution in [0, 0.1) is 6.92 Å². The third-order valence-corrected chi connectivity index (χ3v) is 4.71. The van der Waals surface area contributed by atoms with Crippen molar-refractivity contribution < 1.29 is 4.79 Å². The van der Waals surface area contributed by atoms with Crippen molar-refractivity contribution in [1.29, 1.82) is 0 Å². The predicted molar refractivity (Wildman–Crippen MR) is 86.5 cm³/mol. The van der Waals surface area contributed by atoms with Crippen LogP contribution >= 0.6 is 11.3 Å². The van der Waals surface area contributed by atoms with E-state index < -0.39 is 0 Å². The Labute approximate surface area is 137 Å². The number of amides is 1. The first-order chi connectivity index (χ1) is 11.1. The third-order valence-electron chi connectivity index (χ3n) is 3.57. The van der Waals surface area contributed by atoms with Crippen molar-refractivity contribution in [3.63, 3.8) is 0 Å². The summed E-state index contributed by atoms with van der Waals surface area (Å²) >= 11 is 1.56. The highest BCUT2D eigenvalue weighted by atomic mass is 32.1. The fourth-order valence-corrected chi connectivity index (χ4v) is 2.99. The molecule has 23 heavy (non-hydrogen) atoms. The first-order valence-electron chi connectivity index (χ1n) is 7.06. The van der Waals surface area contributed by atoms with E-state index in [1.54, 1.807) is 58.8 Å². The van der Waals surface area contributed by atoms with Gasteiger partial charge in [0.25, 0.3) is 5.91 Å². The van der Waals surface area contributed by atoms with E-state index in [-0.39, 0.29) is 11.9 Å². The van der Waals surface area contributed by atoms with Crippen LogP contribution in [0.15, 0.2) is 36.4 Å². The van der Waals surface area contributed by atoms with Crippen molar-refractivity contribution in [3.05, 3.63) is 52.6 Å². The molecular weight excluding hydrogens is 312 g/mol. The highest BCUT2D eigenvalue weighted by Gasteiger charge is 2.21. The minimum Gasteiger partial charge on any atom is -0.332 e. The number of hydrogen-bond acceptors (Lipinski definition) is 6. The smallest absolute Gasteiger partial charge is 0.255 e. The Morgan fingerprint density at radius 3 is 2.61 bits per heavy atom. The standard InChI is InChI=1S/C15H16N6OS/c1-10-7-23-14(19-10)11(2)20(3)15(22)12-4-5-13(16-6-12)21-8-17-18-9-21/h4-9,11H,1-3H3/t11-/m0/s1. The van der Waals surface area contributed by atoms with Crippen molar-refractivity contribution in [2.24, 2.45) is 0 Å². The largest absolute Gasteiger partial charge is 0.332 e. The van der Waals surface area contributed by atoms with E-state index >= 15 is 0 Å². The molecule has 3 aromatic rings. The molecule has 0 saturated heterocycles. The second-order valence-corrected chi connectivity index (χ2v) is 6.08. The first-order valence-corrected chi connectivity index (χ1v) is 7.94. The van der Waals surface area contributed by atoms with Gasteiger partial charge in [-0.05, 0) is 26.0 Å². The Hall–Kier alpha value is -2.61. The Bertz CT molecular complexity index is 796. The zero-order chi connectivity index (χ0) is 16.4. The van der Waals surface area contributed by atoms with Crippen LogP contribution in [0.1, 0.15) is 34.0 Å². The van der Waals surface area contributed by atoms with Gasteiger partial charge in [-0.25, -0.2) is 9.97 Å². The summed E-state index contributed by atoms with van der Waals surface area (Å²) < 4.78 is 1.68. The number of carbonyl (C=O) groups is 1. The van der Waals surface area contributed by atoms with Crippen molar-refractivity contribution in [2.75, 3.05) is 7.05 Å². The van der Waals surface area contributed by atoms with Gasteiger partial charge < -0.3 is 4.90 Å². The number of aryl methyl sites for hydroxylation is 1. The van der Waals surface area contributed by atoms with Crippen LogP contribution in [0.2, 0.25) is 0 Å². The molecule has 0 spiro atoms. The van der Waals surface area contributed by atoms with Crippen molar-refractivity contribution >= 4 is 17.2 Å². The highest BCUT2D eigenvalue weighted by Crippen LogP contribution is 2.23. The maximum atomic E-state index is 12.6. The van der Waals surface area contributed by atoms with E-state index in [1.807, 2.05) is 19.2 Å². The lowest BCUT2D eigenvalue weighted by atomic mass is 10.2. The molecule has 0 aliphatic carbocycles. The lowest BCUT2D eigenvalue weighted by molar-refractivity contribution is 0.0742. The van der Waals surface area contributed by atoms with Gasteiger partial charge in [0.15, 0.2) is 0 Å². The second-order valence-electron chi connectivity index (χ2n) is 5.19. The summed E-state index contributed by atoms with van der Waals surface area (Å²) in [6, 6.07) is 3.43. The number of thiazole rings is 1. The van der Waals surface area contributed by atoms with Crippen LogP contribution in [0.4, 0.5) is 0 Å². The van der Waals surface area contributed by atoms with E-state index in [4.69, 9.17) is 0 Å². The van der Waals surface area contributed by atoms with Crippen LogP contribution in [-0.2, 0) is 0 Å². The molecule has 0 aromatic carbocycles. The molecular formula is C15H16N6OS. The molecule has 3 rings (SSSR count). The zero-order valence-electron chi connectivity index (χ0n) is 13.0. The van der Waals surface area contributed by atoms with Crippen LogP contribution < -0.4 is 0 Å². The van der Waals surface area contributed by atoms with Gasteiger partial charge in [-0.1, -0.05) is 0 Å². The van der Waals surface area contributed by atoms with Gasteiger partial charge in [0, 0.05) is 24.3 Å². The Kier molecular flexibility index (Phi) is 4.16. The van der Waals surface area contributed by atoms with Gasteiger partial charge >= 0.3 is 0 Å². The number of nitrogens with zero attached hydrogens (tertiary/aromatic N) is 6. The van der Waals surface area contributed by atoms with Crippen molar-refractivity contribution in [1.82, 2.24) is 29.6 Å². The minimum absolute atomic E-state index is 0.0845. The van der Waals surface area contributed by atoms with Gasteiger partial charge in [-0.2, -0.15) is 0 Å². The molecule has 0 bridgehead atoms. The molecule has 0 aliphatic rings. The molecule has 7 nitrogen and oxygen atoms in total. The molecule has 0 N–H and O–H groups in total. The molecule has 8 heteroatoms. The molecule has 0 aliphatic heterocycles. The van der Waals surface area contributed by atoms with Crippen molar-refractivity contribution in [2.45, 2.75) is 19.9 Å². The fourth-order valence-electron chi connectivity index (χ4n) is 2.09. The average molecular weight is 328 g/mol. The molecule has 0 saturated carbocycles. The number of carbonyl (C=O) groups excluding carboxylic acids is 1. The second kappa shape index (κ2) is 6.25. The zero-order valence-corrected chi connectivity index (χ0v) is 13.9. The lowest BCUT2D eigenvalue weighted by Gasteiger charge is -2.23. The van der Waals surface area contributed by atoms with Gasteiger partial charge in [-0.15, -0.1) is 21.5 Å². The summed E-state index contributed by atoms with van der Waals surface area (Å²) in [5.74, 6) is 0.575. The Balaban J connectivity index is 1.77. The molecule has 0 fully saturated rings. The van der Waals surface area contributed by atoms with Crippen LogP contribution in [-0.4, -0.2) is 42.6 Å². The van der Waals surface area contributed by atoms with E-state index in [2.05, 4.69) is 20.2 Å². The summed E-state index contributed by atoms with van der Waals surface area (Å²) in [7, 11) is 1.78. The quantitative estimate of drug-likeness (QED) is 0.734. The first kappa shape index (κ1) is 15.3. The molecule has 0 unspecified atom stereocenters. The van der Waals surface area contributed by atoms with E-state index in [0.717, 1.165) is 10.7 Å². The Morgan fingerprint density at radius 1 is 1.30 bits per heavy atom. The SMILES string of the molecule is Cc1csc([C@H](C)N(C)C(=O)c2ccc(-n3cnnc3)nc2)n1. The van der Waals surface area contributed by atoms with Gasteiger partial charge in [0.1, 0.15) is 23.5 Å². The molecule has 3 aromatic heterocycles. The molecule has 3 heterocycles. The fraction of sp³-hybridized carbons (Fsp3) is 0.267. The van der Waals surface area contributed by atoms with Crippen LogP contribution in [0.3, 0.4) is 0 Å². The molecule has 118 valence electrons. The summed E-state index contributed by atoms with van der Waals surface area (Å²) in [5, 5.41) is 10.4. The number of rotatable bonds is 4. The van der Waals surface area contributed by atoms with E-state index in [1.165, 1.54) is 0 Å². The molecule has 0 radical (unpaired) electrons. The molecule has 1 atom stereocenters. The summed E-state index contributed by atoms with van der Waals surface area (Å²) in [5.41, 5.74) is 1.50. The number of aromatic nitrogens is 5. The summed E-state index contributed by atoms with van der Waals surface area (Å²) in [6.45, 7) is 3.91. The predicted octanol–water partition coefficient (Wildman–Crippen LogP) is 2.26. The summed E-state index contributed by atoms with van der Waals surface area (Å²) in [4.78, 5) is 23.0. The van der Waals surface area contributed by atoms with Crippen LogP contribution in [0.25, 0.3) is 5.82 Å². The number of hydrogen-bond donors (Lipinski definition) is 0. The van der Waals surface area contributed by atoms with E-state index in [9.17, 15) is 4.79 Å². The minimum atomic E-state index is -0.0897. The topological polar surface area (TPSA) is 76.8 Å². The highest BCUT2D eigenvalue weighted by molar-refractivity contribution is 7.09. The van der Waals surface area contributed by atoms with Gasteiger partial charge in [-0.3, -0.25) is 9.36 Å². The maximum Gasteiger partial charge on any atom is 0.255 e. The van der Waals surface area contributed by atoms with Gasteiger partial charge in [0.2, 0.25) is 0 Å². The monoisotopic (exact) mass is 328 g/mol. The van der Waals surface area contributed by atoms with Crippen LogP contribution in [0.5, 0.6) is 0 Å².